The van der Waals surface area contributed by atoms with Crippen LogP contribution in [0.4, 0.5) is 0 Å². The van der Waals surface area contributed by atoms with Crippen LogP contribution < -0.4 is 5.32 Å². The van der Waals surface area contributed by atoms with Crippen molar-refractivity contribution in [1.29, 1.82) is 0 Å². The van der Waals surface area contributed by atoms with Gasteiger partial charge in [-0.05, 0) is 31.2 Å². The van der Waals surface area contributed by atoms with E-state index in [4.69, 9.17) is 4.74 Å². The smallest absolute Gasteiger partial charge is 0.0534 e. The van der Waals surface area contributed by atoms with E-state index in [1.807, 2.05) is 10.9 Å². The molecule has 1 aliphatic rings. The summed E-state index contributed by atoms with van der Waals surface area (Å²) in [4.78, 5) is 0. The minimum Gasteiger partial charge on any atom is -0.381 e. The van der Waals surface area contributed by atoms with Gasteiger partial charge in [-0.25, -0.2) is 0 Å². The molecule has 2 heterocycles. The number of hydrogen-bond acceptors (Lipinski definition) is 3. The first-order valence-electron chi connectivity index (χ1n) is 6.12. The molecule has 1 saturated heterocycles. The zero-order valence-corrected chi connectivity index (χ0v) is 9.98. The van der Waals surface area contributed by atoms with E-state index >= 15 is 0 Å². The molecule has 0 aromatic carbocycles. The third-order valence-corrected chi connectivity index (χ3v) is 2.97. The molecule has 0 amide bonds. The van der Waals surface area contributed by atoms with Crippen LogP contribution in [0.1, 0.15) is 18.4 Å². The van der Waals surface area contributed by atoms with Gasteiger partial charge in [0.05, 0.1) is 19.3 Å². The lowest BCUT2D eigenvalue weighted by Gasteiger charge is -2.22. The maximum atomic E-state index is 5.44. The van der Waals surface area contributed by atoms with Crippen LogP contribution in [0, 0.1) is 12.8 Å². The van der Waals surface area contributed by atoms with Gasteiger partial charge in [0.2, 0.25) is 0 Å². The van der Waals surface area contributed by atoms with E-state index in [0.717, 1.165) is 32.8 Å². The molecule has 1 aromatic heterocycles. The minimum atomic E-state index is 0.702. The predicted molar refractivity (Wildman–Crippen MR) is 63.4 cm³/mol. The molecule has 1 fully saturated rings. The summed E-state index contributed by atoms with van der Waals surface area (Å²) in [7, 11) is 0. The third-order valence-electron chi connectivity index (χ3n) is 2.97. The SMILES string of the molecule is Cc1cnn(CCNCC2CCCOC2)c1. The first kappa shape index (κ1) is 11.6. The van der Waals surface area contributed by atoms with Crippen LogP contribution in [0.3, 0.4) is 0 Å². The van der Waals surface area contributed by atoms with Crippen LogP contribution in [-0.2, 0) is 11.3 Å². The second-order valence-electron chi connectivity index (χ2n) is 4.57. The first-order chi connectivity index (χ1) is 7.84. The number of nitrogens with zero attached hydrogens (tertiary/aromatic N) is 2. The Morgan fingerprint density at radius 1 is 1.62 bits per heavy atom. The van der Waals surface area contributed by atoms with Crippen molar-refractivity contribution in [2.75, 3.05) is 26.3 Å². The molecule has 1 aliphatic heterocycles. The third kappa shape index (κ3) is 3.61. The lowest BCUT2D eigenvalue weighted by atomic mass is 10.0. The highest BCUT2D eigenvalue weighted by atomic mass is 16.5. The maximum Gasteiger partial charge on any atom is 0.0534 e. The molecule has 0 aliphatic carbocycles. The fourth-order valence-electron chi connectivity index (χ4n) is 2.06. The topological polar surface area (TPSA) is 39.1 Å². The Bertz CT molecular complexity index is 305. The van der Waals surface area contributed by atoms with Gasteiger partial charge < -0.3 is 10.1 Å². The van der Waals surface area contributed by atoms with Gasteiger partial charge >= 0.3 is 0 Å². The molecule has 0 bridgehead atoms. The Balaban J connectivity index is 1.57. The Hall–Kier alpha value is -0.870. The quantitative estimate of drug-likeness (QED) is 0.763. The minimum absolute atomic E-state index is 0.702. The summed E-state index contributed by atoms with van der Waals surface area (Å²) in [5.41, 5.74) is 1.22. The maximum absolute atomic E-state index is 5.44. The molecule has 90 valence electrons. The van der Waals surface area contributed by atoms with E-state index in [9.17, 15) is 0 Å². The number of hydrogen-bond donors (Lipinski definition) is 1. The monoisotopic (exact) mass is 223 g/mol. The van der Waals surface area contributed by atoms with Crippen molar-refractivity contribution in [2.45, 2.75) is 26.3 Å². The second-order valence-corrected chi connectivity index (χ2v) is 4.57. The molecular weight excluding hydrogens is 202 g/mol. The highest BCUT2D eigenvalue weighted by Crippen LogP contribution is 2.11. The fraction of sp³-hybridized carbons (Fsp3) is 0.750. The van der Waals surface area contributed by atoms with Crippen molar-refractivity contribution in [3.8, 4) is 0 Å². The van der Waals surface area contributed by atoms with Crippen LogP contribution in [0.2, 0.25) is 0 Å². The Morgan fingerprint density at radius 2 is 2.56 bits per heavy atom. The van der Waals surface area contributed by atoms with Gasteiger partial charge in [-0.15, -0.1) is 0 Å². The second kappa shape index (κ2) is 6.01. The summed E-state index contributed by atoms with van der Waals surface area (Å²) in [6, 6.07) is 0. The zero-order chi connectivity index (χ0) is 11.2. The molecule has 2 rings (SSSR count). The van der Waals surface area contributed by atoms with Gasteiger partial charge in [0.15, 0.2) is 0 Å². The Morgan fingerprint density at radius 3 is 3.25 bits per heavy atom. The summed E-state index contributed by atoms with van der Waals surface area (Å²) in [5.74, 6) is 0.702. The lowest BCUT2D eigenvalue weighted by Crippen LogP contribution is -2.31. The Kier molecular flexibility index (Phi) is 4.36. The number of rotatable bonds is 5. The number of ether oxygens (including phenoxy) is 1. The molecular formula is C12H21N3O. The van der Waals surface area contributed by atoms with Crippen LogP contribution in [0.25, 0.3) is 0 Å². The molecule has 0 radical (unpaired) electrons. The molecule has 16 heavy (non-hydrogen) atoms. The molecule has 1 atom stereocenters. The standard InChI is InChI=1S/C12H21N3O/c1-11-7-14-15(9-11)5-4-13-8-12-3-2-6-16-10-12/h7,9,12-13H,2-6,8,10H2,1H3. The summed E-state index contributed by atoms with van der Waals surface area (Å²) in [6.07, 6.45) is 6.49. The Labute approximate surface area is 97.0 Å². The largest absolute Gasteiger partial charge is 0.381 e. The fourth-order valence-corrected chi connectivity index (χ4v) is 2.06. The molecule has 4 nitrogen and oxygen atoms in total. The predicted octanol–water partition coefficient (Wildman–Crippen LogP) is 1.21. The van der Waals surface area contributed by atoms with E-state index in [0.29, 0.717) is 5.92 Å². The van der Waals surface area contributed by atoms with Gasteiger partial charge in [0.25, 0.3) is 0 Å². The molecule has 4 heteroatoms. The number of nitrogens with one attached hydrogen (secondary N) is 1. The number of aryl methyl sites for hydroxylation is 1. The molecule has 1 aromatic rings. The van der Waals surface area contributed by atoms with E-state index in [2.05, 4.69) is 23.5 Å². The highest BCUT2D eigenvalue weighted by Gasteiger charge is 2.12. The van der Waals surface area contributed by atoms with Crippen molar-refractivity contribution in [3.63, 3.8) is 0 Å². The summed E-state index contributed by atoms with van der Waals surface area (Å²) in [5, 5.41) is 7.72. The van der Waals surface area contributed by atoms with E-state index in [1.165, 1.54) is 18.4 Å². The van der Waals surface area contributed by atoms with Gasteiger partial charge in [-0.3, -0.25) is 4.68 Å². The van der Waals surface area contributed by atoms with Crippen molar-refractivity contribution >= 4 is 0 Å². The van der Waals surface area contributed by atoms with Gasteiger partial charge in [0.1, 0.15) is 0 Å². The first-order valence-corrected chi connectivity index (χ1v) is 6.12. The summed E-state index contributed by atoms with van der Waals surface area (Å²) >= 11 is 0. The van der Waals surface area contributed by atoms with Crippen LogP contribution in [0.5, 0.6) is 0 Å². The van der Waals surface area contributed by atoms with Crippen molar-refractivity contribution in [1.82, 2.24) is 15.1 Å². The molecule has 0 spiro atoms. The molecule has 0 saturated carbocycles. The number of aromatic nitrogens is 2. The normalized spacial score (nSPS) is 21.2. The summed E-state index contributed by atoms with van der Waals surface area (Å²) in [6.45, 7) is 6.94. The zero-order valence-electron chi connectivity index (χ0n) is 9.98. The lowest BCUT2D eigenvalue weighted by molar-refractivity contribution is 0.0548. The van der Waals surface area contributed by atoms with Crippen LogP contribution >= 0.6 is 0 Å². The molecule has 1 unspecified atom stereocenters. The van der Waals surface area contributed by atoms with Crippen molar-refractivity contribution in [2.24, 2.45) is 5.92 Å². The van der Waals surface area contributed by atoms with Gasteiger partial charge in [-0.1, -0.05) is 0 Å². The van der Waals surface area contributed by atoms with Gasteiger partial charge in [0, 0.05) is 25.9 Å². The average Bonchev–Trinajstić information content (AvgIpc) is 2.72. The van der Waals surface area contributed by atoms with Crippen LogP contribution in [0.15, 0.2) is 12.4 Å². The average molecular weight is 223 g/mol. The van der Waals surface area contributed by atoms with E-state index in [-0.39, 0.29) is 0 Å². The van der Waals surface area contributed by atoms with E-state index in [1.54, 1.807) is 0 Å². The highest BCUT2D eigenvalue weighted by molar-refractivity contribution is 4.99. The van der Waals surface area contributed by atoms with Crippen molar-refractivity contribution in [3.05, 3.63) is 18.0 Å². The van der Waals surface area contributed by atoms with Gasteiger partial charge in [-0.2, -0.15) is 5.10 Å². The molecule has 1 N–H and O–H groups in total. The van der Waals surface area contributed by atoms with Crippen LogP contribution in [-0.4, -0.2) is 36.1 Å². The summed E-state index contributed by atoms with van der Waals surface area (Å²) < 4.78 is 7.43. The van der Waals surface area contributed by atoms with E-state index < -0.39 is 0 Å². The van der Waals surface area contributed by atoms with Crippen molar-refractivity contribution < 1.29 is 4.74 Å².